The molecule has 4 aromatic rings. The lowest BCUT2D eigenvalue weighted by Gasteiger charge is -2.32. The van der Waals surface area contributed by atoms with E-state index in [2.05, 4.69) is 34.9 Å². The highest BCUT2D eigenvalue weighted by molar-refractivity contribution is 6.62. The van der Waals surface area contributed by atoms with Gasteiger partial charge in [-0.05, 0) is 64.7 Å². The van der Waals surface area contributed by atoms with Crippen LogP contribution in [0.5, 0.6) is 0 Å². The Bertz CT molecular complexity index is 1690. The van der Waals surface area contributed by atoms with Gasteiger partial charge in [0.1, 0.15) is 16.3 Å². The van der Waals surface area contributed by atoms with Crippen molar-refractivity contribution in [1.29, 1.82) is 0 Å². The van der Waals surface area contributed by atoms with Gasteiger partial charge in [-0.1, -0.05) is 11.6 Å². The van der Waals surface area contributed by atoms with Gasteiger partial charge in [0.05, 0.1) is 48.7 Å². The van der Waals surface area contributed by atoms with Crippen LogP contribution in [0, 0.1) is 13.8 Å². The van der Waals surface area contributed by atoms with E-state index in [-0.39, 0.29) is 39.6 Å². The van der Waals surface area contributed by atoms with E-state index in [9.17, 15) is 9.59 Å². The van der Waals surface area contributed by atoms with Crippen molar-refractivity contribution in [2.75, 3.05) is 14.2 Å². The van der Waals surface area contributed by atoms with Crippen LogP contribution in [0.15, 0.2) is 24.8 Å². The van der Waals surface area contributed by atoms with E-state index in [0.29, 0.717) is 28.2 Å². The number of aromatic nitrogens is 8. The second-order valence-electron chi connectivity index (χ2n) is 11.0. The topological polar surface area (TPSA) is 158 Å². The third-order valence-electron chi connectivity index (χ3n) is 7.09. The molecule has 1 aliphatic heterocycles. The predicted octanol–water partition coefficient (Wildman–Crippen LogP) is 4.22. The summed E-state index contributed by atoms with van der Waals surface area (Å²) in [6, 6.07) is 0. The molecule has 0 amide bonds. The molecule has 0 unspecified atom stereocenters. The van der Waals surface area contributed by atoms with Crippen LogP contribution in [0.2, 0.25) is 15.7 Å². The molecule has 0 saturated carbocycles. The fraction of sp³-hybridized carbons (Fsp3) is 0.429. The Kier molecular flexibility index (Phi) is 11.9. The summed E-state index contributed by atoms with van der Waals surface area (Å²) in [5, 5.41) is 8.25. The van der Waals surface area contributed by atoms with Crippen molar-refractivity contribution in [1.82, 2.24) is 39.5 Å². The van der Waals surface area contributed by atoms with Gasteiger partial charge in [-0.15, -0.1) is 0 Å². The van der Waals surface area contributed by atoms with Crippen molar-refractivity contribution in [3.8, 4) is 11.3 Å². The van der Waals surface area contributed by atoms with Crippen LogP contribution in [0.25, 0.3) is 11.3 Å². The van der Waals surface area contributed by atoms with Gasteiger partial charge >= 0.3 is 19.1 Å². The second-order valence-corrected chi connectivity index (χ2v) is 12.0. The molecule has 0 radical (unpaired) electrons. The minimum Gasteiger partial charge on any atom is -0.465 e. The summed E-state index contributed by atoms with van der Waals surface area (Å²) in [6.07, 6.45) is 7.04. The first-order valence-electron chi connectivity index (χ1n) is 13.6. The zero-order chi connectivity index (χ0) is 34.6. The fourth-order valence-corrected chi connectivity index (χ4v) is 4.78. The smallest absolute Gasteiger partial charge is 0.465 e. The van der Waals surface area contributed by atoms with Crippen LogP contribution < -0.4 is 5.46 Å². The van der Waals surface area contributed by atoms with Crippen LogP contribution in [-0.2, 0) is 32.9 Å². The Morgan fingerprint density at radius 3 is 1.70 bits per heavy atom. The molecule has 4 aromatic heterocycles. The number of hydrogen-bond donors (Lipinski definition) is 0. The molecule has 0 atom stereocenters. The summed E-state index contributed by atoms with van der Waals surface area (Å²) in [4.78, 5) is 38.4. The van der Waals surface area contributed by atoms with Gasteiger partial charge < -0.3 is 18.8 Å². The van der Waals surface area contributed by atoms with Crippen molar-refractivity contribution in [3.05, 3.63) is 63.0 Å². The van der Waals surface area contributed by atoms with Crippen LogP contribution in [0.1, 0.15) is 59.8 Å². The number of nitrogens with zero attached hydrogens (tertiary/aromatic N) is 8. The third kappa shape index (κ3) is 8.59. The Hall–Kier alpha value is -3.63. The molecular weight excluding hydrogens is 662 g/mol. The SMILES string of the molecule is COC(=O)c1c(C)nc(Cl)nc1-c1cnn(C)c1.COC(=O)c1c(C)nc(Cl)nc1Cl.Cn1cc(B2OC(C)(C)C(C)(C)O2)cn1. The molecule has 1 fully saturated rings. The number of esters is 2. The van der Waals surface area contributed by atoms with Gasteiger partial charge in [-0.3, -0.25) is 9.36 Å². The van der Waals surface area contributed by atoms with Gasteiger partial charge in [0.2, 0.25) is 10.6 Å². The maximum atomic E-state index is 11.8. The summed E-state index contributed by atoms with van der Waals surface area (Å²) in [5.41, 5.74) is 2.83. The van der Waals surface area contributed by atoms with Crippen molar-refractivity contribution in [3.63, 3.8) is 0 Å². The Labute approximate surface area is 281 Å². The van der Waals surface area contributed by atoms with Crippen molar-refractivity contribution < 1.29 is 28.4 Å². The normalized spacial score (nSPS) is 14.5. The third-order valence-corrected chi connectivity index (χ3v) is 7.70. The van der Waals surface area contributed by atoms with E-state index in [1.54, 1.807) is 48.8 Å². The maximum Gasteiger partial charge on any atom is 0.498 e. The van der Waals surface area contributed by atoms with Gasteiger partial charge in [0, 0.05) is 43.7 Å². The van der Waals surface area contributed by atoms with Crippen LogP contribution >= 0.6 is 34.8 Å². The summed E-state index contributed by atoms with van der Waals surface area (Å²) in [7, 11) is 5.92. The van der Waals surface area contributed by atoms with E-state index >= 15 is 0 Å². The number of ether oxygens (including phenoxy) is 2. The lowest BCUT2D eigenvalue weighted by atomic mass is 9.82. The number of aryl methyl sites for hydroxylation is 4. The standard InChI is InChI=1S/C11H11ClN4O2.C10H17BN2O2.C7H6Cl2N2O2/c1-6-8(10(17)18-3)9(15-11(12)14-6)7-4-13-16(2)5-7;1-9(2)10(3,4)15-11(14-9)8-6-12-13(5)7-8;1-3-4(6(12)13-2)5(8)11-7(9)10-3/h4-5H,1-3H3;6-7H,1-5H3;1-2H3. The molecule has 0 N–H and O–H groups in total. The van der Waals surface area contributed by atoms with Crippen molar-refractivity contribution in [2.24, 2.45) is 14.1 Å². The Morgan fingerprint density at radius 1 is 0.761 bits per heavy atom. The average Bonchev–Trinajstić information content (AvgIpc) is 3.64. The zero-order valence-electron chi connectivity index (χ0n) is 27.0. The van der Waals surface area contributed by atoms with Gasteiger partial charge in [0.15, 0.2) is 0 Å². The molecule has 0 bridgehead atoms. The van der Waals surface area contributed by atoms with E-state index in [1.165, 1.54) is 14.2 Å². The van der Waals surface area contributed by atoms with Crippen molar-refractivity contribution in [2.45, 2.75) is 52.7 Å². The summed E-state index contributed by atoms with van der Waals surface area (Å²) < 4.78 is 24.4. The Balaban J connectivity index is 0.000000191. The molecule has 246 valence electrons. The molecule has 46 heavy (non-hydrogen) atoms. The molecule has 0 aromatic carbocycles. The molecule has 0 spiro atoms. The molecular formula is C28H34BCl3N8O6. The van der Waals surface area contributed by atoms with Gasteiger partial charge in [-0.25, -0.2) is 29.5 Å². The highest BCUT2D eigenvalue weighted by atomic mass is 35.5. The molecule has 1 saturated heterocycles. The number of rotatable bonds is 4. The van der Waals surface area contributed by atoms with E-state index < -0.39 is 11.9 Å². The van der Waals surface area contributed by atoms with E-state index in [0.717, 1.165) is 5.46 Å². The summed E-state index contributed by atoms with van der Waals surface area (Å²) in [5.74, 6) is -1.07. The molecule has 14 nitrogen and oxygen atoms in total. The first kappa shape index (κ1) is 36.8. The Morgan fingerprint density at radius 2 is 1.24 bits per heavy atom. The first-order valence-corrected chi connectivity index (χ1v) is 14.8. The average molecular weight is 696 g/mol. The quantitative estimate of drug-likeness (QED) is 0.130. The predicted molar refractivity (Wildman–Crippen MR) is 172 cm³/mol. The molecule has 5 rings (SSSR count). The molecule has 0 aliphatic carbocycles. The van der Waals surface area contributed by atoms with Gasteiger partial charge in [0.25, 0.3) is 0 Å². The van der Waals surface area contributed by atoms with Crippen LogP contribution in [0.3, 0.4) is 0 Å². The van der Waals surface area contributed by atoms with E-state index in [4.69, 9.17) is 48.8 Å². The fourth-order valence-electron chi connectivity index (χ4n) is 4.02. The largest absolute Gasteiger partial charge is 0.498 e. The highest BCUT2D eigenvalue weighted by Crippen LogP contribution is 2.36. The zero-order valence-corrected chi connectivity index (χ0v) is 29.3. The van der Waals surface area contributed by atoms with Crippen molar-refractivity contribution >= 4 is 59.3 Å². The molecule has 1 aliphatic rings. The number of methoxy groups -OCH3 is 2. The second kappa shape index (κ2) is 14.9. The first-order chi connectivity index (χ1) is 21.4. The lowest BCUT2D eigenvalue weighted by Crippen LogP contribution is -2.41. The summed E-state index contributed by atoms with van der Waals surface area (Å²) >= 11 is 17.0. The highest BCUT2D eigenvalue weighted by Gasteiger charge is 2.52. The molecule has 18 heteroatoms. The van der Waals surface area contributed by atoms with E-state index in [1.807, 2.05) is 40.9 Å². The lowest BCUT2D eigenvalue weighted by molar-refractivity contribution is 0.00578. The number of carbonyl (C=O) groups excluding carboxylic acids is 2. The monoisotopic (exact) mass is 694 g/mol. The number of carbonyl (C=O) groups is 2. The molecule has 5 heterocycles. The van der Waals surface area contributed by atoms with Crippen LogP contribution in [-0.4, -0.2) is 84.0 Å². The van der Waals surface area contributed by atoms with Gasteiger partial charge in [-0.2, -0.15) is 10.2 Å². The number of hydrogen-bond acceptors (Lipinski definition) is 12. The minimum absolute atomic E-state index is 0.00403. The maximum absolute atomic E-state index is 11.8. The van der Waals surface area contributed by atoms with Crippen LogP contribution in [0.4, 0.5) is 0 Å². The number of halogens is 3. The minimum atomic E-state index is -0.570. The summed E-state index contributed by atoms with van der Waals surface area (Å²) in [6.45, 7) is 11.5.